The normalized spacial score (nSPS) is 33.0. The summed E-state index contributed by atoms with van der Waals surface area (Å²) in [5.41, 5.74) is -0.919. The third kappa shape index (κ3) is 2.42. The molecule has 0 spiro atoms. The Hall–Kier alpha value is -0.150. The van der Waals surface area contributed by atoms with Crippen LogP contribution < -0.4 is 5.32 Å². The highest BCUT2D eigenvalue weighted by Crippen LogP contribution is 2.27. The van der Waals surface area contributed by atoms with Gasteiger partial charge in [0.1, 0.15) is 5.67 Å². The molecule has 0 aliphatic carbocycles. The molecule has 1 atom stereocenters. The molecule has 0 amide bonds. The van der Waals surface area contributed by atoms with E-state index >= 15 is 0 Å². The first kappa shape index (κ1) is 8.94. The molecule has 0 aromatic heterocycles. The van der Waals surface area contributed by atoms with Crippen molar-refractivity contribution in [2.24, 2.45) is 0 Å². The number of nitrogens with one attached hydrogen (secondary N) is 1. The minimum atomic E-state index is -0.919. The summed E-state index contributed by atoms with van der Waals surface area (Å²) in [6.07, 6.45) is 1.35. The van der Waals surface area contributed by atoms with Crippen LogP contribution in [-0.4, -0.2) is 44.3 Å². The quantitative estimate of drug-likeness (QED) is 0.651. The Balaban J connectivity index is 2.29. The summed E-state index contributed by atoms with van der Waals surface area (Å²) in [5.74, 6) is 0. The Bertz CT molecular complexity index is 129. The Morgan fingerprint density at radius 2 is 2.36 bits per heavy atom. The zero-order chi connectivity index (χ0) is 8.32. The Morgan fingerprint density at radius 1 is 1.64 bits per heavy atom. The third-order valence-electron chi connectivity index (χ3n) is 2.32. The van der Waals surface area contributed by atoms with Gasteiger partial charge in [-0.25, -0.2) is 4.39 Å². The Kier molecular flexibility index (Phi) is 2.84. The molecule has 11 heavy (non-hydrogen) atoms. The van der Waals surface area contributed by atoms with E-state index < -0.39 is 5.67 Å². The van der Waals surface area contributed by atoms with Crippen molar-refractivity contribution in [1.29, 1.82) is 0 Å². The van der Waals surface area contributed by atoms with Crippen molar-refractivity contribution in [2.75, 3.05) is 33.7 Å². The van der Waals surface area contributed by atoms with Crippen LogP contribution in [0.2, 0.25) is 0 Å². The summed E-state index contributed by atoms with van der Waals surface area (Å²) >= 11 is 0. The maximum Gasteiger partial charge on any atom is 0.126 e. The highest BCUT2D eigenvalue weighted by Gasteiger charge is 2.35. The number of nitrogens with zero attached hydrogens (tertiary/aromatic N) is 1. The van der Waals surface area contributed by atoms with Crippen molar-refractivity contribution >= 4 is 0 Å². The number of halogens is 1. The number of likely N-dealkylation sites (tertiary alicyclic amines) is 1. The molecule has 1 aliphatic heterocycles. The van der Waals surface area contributed by atoms with Gasteiger partial charge in [-0.1, -0.05) is 0 Å². The van der Waals surface area contributed by atoms with E-state index in [4.69, 9.17) is 0 Å². The standard InChI is InChI=1S/C8H17FN2/c1-10-5-3-8(9)4-6-11(2)7-8/h10H,3-7H2,1-2H3. The SMILES string of the molecule is CNCCC1(F)CCN(C)C1. The summed E-state index contributed by atoms with van der Waals surface area (Å²) in [6.45, 7) is 2.29. The average molecular weight is 160 g/mol. The van der Waals surface area contributed by atoms with Crippen LogP contribution in [0.3, 0.4) is 0 Å². The van der Waals surface area contributed by atoms with Gasteiger partial charge in [0.2, 0.25) is 0 Å². The smallest absolute Gasteiger partial charge is 0.126 e. The second-order valence-corrected chi connectivity index (χ2v) is 3.49. The molecule has 0 aromatic carbocycles. The molecule has 0 radical (unpaired) electrons. The van der Waals surface area contributed by atoms with Gasteiger partial charge in [0.05, 0.1) is 0 Å². The fourth-order valence-electron chi connectivity index (χ4n) is 1.59. The molecule has 1 heterocycles. The predicted octanol–water partition coefficient (Wildman–Crippen LogP) is 0.640. The van der Waals surface area contributed by atoms with E-state index in [1.165, 1.54) is 0 Å². The maximum absolute atomic E-state index is 13.7. The second kappa shape index (κ2) is 3.50. The topological polar surface area (TPSA) is 15.3 Å². The largest absolute Gasteiger partial charge is 0.320 e. The van der Waals surface area contributed by atoms with Gasteiger partial charge in [0.25, 0.3) is 0 Å². The highest BCUT2D eigenvalue weighted by atomic mass is 19.1. The van der Waals surface area contributed by atoms with Gasteiger partial charge in [0.15, 0.2) is 0 Å². The lowest BCUT2D eigenvalue weighted by atomic mass is 10.0. The lowest BCUT2D eigenvalue weighted by Gasteiger charge is -2.18. The molecule has 0 aromatic rings. The highest BCUT2D eigenvalue weighted by molar-refractivity contribution is 4.89. The molecule has 0 bridgehead atoms. The van der Waals surface area contributed by atoms with Gasteiger partial charge in [-0.05, 0) is 33.5 Å². The van der Waals surface area contributed by atoms with E-state index in [-0.39, 0.29) is 0 Å². The van der Waals surface area contributed by atoms with Gasteiger partial charge >= 0.3 is 0 Å². The number of alkyl halides is 1. The molecule has 1 saturated heterocycles. The number of hydrogen-bond acceptors (Lipinski definition) is 2. The number of hydrogen-bond donors (Lipinski definition) is 1. The van der Waals surface area contributed by atoms with E-state index in [9.17, 15) is 4.39 Å². The molecule has 1 fully saturated rings. The van der Waals surface area contributed by atoms with Crippen molar-refractivity contribution in [2.45, 2.75) is 18.5 Å². The molecule has 2 nitrogen and oxygen atoms in total. The summed E-state index contributed by atoms with van der Waals surface area (Å²) < 4.78 is 13.7. The Labute approximate surface area is 67.8 Å². The first-order valence-electron chi connectivity index (χ1n) is 4.18. The minimum Gasteiger partial charge on any atom is -0.320 e. The lowest BCUT2D eigenvalue weighted by Crippen LogP contribution is -2.30. The predicted molar refractivity (Wildman–Crippen MR) is 44.5 cm³/mol. The van der Waals surface area contributed by atoms with Crippen LogP contribution in [-0.2, 0) is 0 Å². The van der Waals surface area contributed by atoms with Gasteiger partial charge in [0, 0.05) is 13.1 Å². The van der Waals surface area contributed by atoms with Crippen molar-refractivity contribution in [3.05, 3.63) is 0 Å². The van der Waals surface area contributed by atoms with Crippen LogP contribution in [0, 0.1) is 0 Å². The molecule has 1 rings (SSSR count). The van der Waals surface area contributed by atoms with E-state index in [2.05, 4.69) is 10.2 Å². The molecular formula is C8H17FN2. The van der Waals surface area contributed by atoms with Gasteiger partial charge in [-0.2, -0.15) is 0 Å². The van der Waals surface area contributed by atoms with Crippen LogP contribution in [0.25, 0.3) is 0 Å². The van der Waals surface area contributed by atoms with Crippen molar-refractivity contribution in [1.82, 2.24) is 10.2 Å². The molecular weight excluding hydrogens is 143 g/mol. The van der Waals surface area contributed by atoms with Crippen LogP contribution in [0.4, 0.5) is 4.39 Å². The minimum absolute atomic E-state index is 0.606. The monoisotopic (exact) mass is 160 g/mol. The molecule has 1 N–H and O–H groups in total. The Morgan fingerprint density at radius 3 is 2.82 bits per heavy atom. The fourth-order valence-corrected chi connectivity index (χ4v) is 1.59. The van der Waals surface area contributed by atoms with Crippen LogP contribution in [0.15, 0.2) is 0 Å². The van der Waals surface area contributed by atoms with Gasteiger partial charge in [-0.3, -0.25) is 0 Å². The van der Waals surface area contributed by atoms with Gasteiger partial charge < -0.3 is 10.2 Å². The van der Waals surface area contributed by atoms with Gasteiger partial charge in [-0.15, -0.1) is 0 Å². The third-order valence-corrected chi connectivity index (χ3v) is 2.32. The molecule has 66 valence electrons. The molecule has 1 unspecified atom stereocenters. The fraction of sp³-hybridized carbons (Fsp3) is 1.00. The van der Waals surface area contributed by atoms with Crippen LogP contribution in [0.1, 0.15) is 12.8 Å². The summed E-state index contributed by atoms with van der Waals surface area (Å²) in [4.78, 5) is 2.05. The summed E-state index contributed by atoms with van der Waals surface area (Å²) in [6, 6.07) is 0. The van der Waals surface area contributed by atoms with Crippen molar-refractivity contribution in [3.63, 3.8) is 0 Å². The molecule has 3 heteroatoms. The average Bonchev–Trinajstić information content (AvgIpc) is 2.28. The van der Waals surface area contributed by atoms with E-state index in [0.29, 0.717) is 19.4 Å². The number of rotatable bonds is 3. The zero-order valence-corrected chi connectivity index (χ0v) is 7.36. The van der Waals surface area contributed by atoms with Crippen molar-refractivity contribution in [3.8, 4) is 0 Å². The molecule has 0 saturated carbocycles. The van der Waals surface area contributed by atoms with Crippen molar-refractivity contribution < 1.29 is 4.39 Å². The van der Waals surface area contributed by atoms with E-state index in [0.717, 1.165) is 13.1 Å². The van der Waals surface area contributed by atoms with E-state index in [1.54, 1.807) is 0 Å². The van der Waals surface area contributed by atoms with E-state index in [1.807, 2.05) is 14.1 Å². The lowest BCUT2D eigenvalue weighted by molar-refractivity contribution is 0.160. The molecule has 1 aliphatic rings. The first-order valence-corrected chi connectivity index (χ1v) is 4.18. The van der Waals surface area contributed by atoms with Crippen LogP contribution in [0.5, 0.6) is 0 Å². The summed E-state index contributed by atoms with van der Waals surface area (Å²) in [7, 11) is 3.84. The zero-order valence-electron chi connectivity index (χ0n) is 7.36. The second-order valence-electron chi connectivity index (χ2n) is 3.49. The van der Waals surface area contributed by atoms with Crippen LogP contribution >= 0.6 is 0 Å². The first-order chi connectivity index (χ1) is 5.16. The summed E-state index contributed by atoms with van der Waals surface area (Å²) in [5, 5.41) is 2.98. The maximum atomic E-state index is 13.7.